The van der Waals surface area contributed by atoms with E-state index in [1.807, 2.05) is 11.7 Å². The summed E-state index contributed by atoms with van der Waals surface area (Å²) in [6.45, 7) is 4.19. The first-order valence-corrected chi connectivity index (χ1v) is 11.2. The molecule has 0 bridgehead atoms. The van der Waals surface area contributed by atoms with E-state index >= 15 is 0 Å². The van der Waals surface area contributed by atoms with Crippen LogP contribution < -0.4 is 5.32 Å². The van der Waals surface area contributed by atoms with Crippen LogP contribution >= 0.6 is 11.6 Å². The first kappa shape index (κ1) is 20.8. The summed E-state index contributed by atoms with van der Waals surface area (Å²) in [5.74, 6) is -0.325. The predicted molar refractivity (Wildman–Crippen MR) is 108 cm³/mol. The molecule has 0 radical (unpaired) electrons. The molecule has 0 aliphatic heterocycles. The van der Waals surface area contributed by atoms with Gasteiger partial charge in [0.1, 0.15) is 4.90 Å². The van der Waals surface area contributed by atoms with Gasteiger partial charge in [0.05, 0.1) is 17.3 Å². The third-order valence-electron chi connectivity index (χ3n) is 5.20. The molecule has 28 heavy (non-hydrogen) atoms. The van der Waals surface area contributed by atoms with Gasteiger partial charge in [-0.2, -0.15) is 9.40 Å². The topological polar surface area (TPSA) is 84.3 Å². The molecule has 0 fully saturated rings. The normalized spacial score (nSPS) is 16.8. The molecule has 1 heterocycles. The Kier molecular flexibility index (Phi) is 6.12. The standard InChI is InChI=1S/C19H25ClN4O3S/c1-4-24(5-2)28(26,27)18-11-13(9-10-15(18)20)19(25)22-16-7-6-8-17-14(16)12-21-23(17)3/h9-12,16H,4-8H2,1-3H3,(H,22,25). The van der Waals surface area contributed by atoms with Crippen molar-refractivity contribution in [2.24, 2.45) is 7.05 Å². The number of hydrogen-bond donors (Lipinski definition) is 1. The highest BCUT2D eigenvalue weighted by atomic mass is 35.5. The Morgan fingerprint density at radius 3 is 2.75 bits per heavy atom. The van der Waals surface area contributed by atoms with Gasteiger partial charge in [0.2, 0.25) is 10.0 Å². The number of hydrogen-bond acceptors (Lipinski definition) is 4. The Hall–Kier alpha value is -1.90. The molecule has 1 atom stereocenters. The number of amides is 1. The average molecular weight is 425 g/mol. The summed E-state index contributed by atoms with van der Waals surface area (Å²) in [4.78, 5) is 12.8. The van der Waals surface area contributed by atoms with Crippen molar-refractivity contribution in [1.82, 2.24) is 19.4 Å². The fraction of sp³-hybridized carbons (Fsp3) is 0.474. The minimum absolute atomic E-state index is 0.0452. The molecule has 0 spiro atoms. The number of fused-ring (bicyclic) bond motifs is 1. The van der Waals surface area contributed by atoms with E-state index in [9.17, 15) is 13.2 Å². The Labute approximate surface area is 170 Å². The summed E-state index contributed by atoms with van der Waals surface area (Å²) in [7, 11) is -1.86. The van der Waals surface area contributed by atoms with Gasteiger partial charge in [-0.15, -0.1) is 0 Å². The molecule has 9 heteroatoms. The van der Waals surface area contributed by atoms with E-state index in [1.165, 1.54) is 16.4 Å². The fourth-order valence-corrected chi connectivity index (χ4v) is 5.60. The highest BCUT2D eigenvalue weighted by Crippen LogP contribution is 2.30. The smallest absolute Gasteiger partial charge is 0.251 e. The predicted octanol–water partition coefficient (Wildman–Crippen LogP) is 2.91. The van der Waals surface area contributed by atoms with Crippen LogP contribution in [0.1, 0.15) is 54.3 Å². The maximum absolute atomic E-state index is 12.8. The summed E-state index contributed by atoms with van der Waals surface area (Å²) in [5, 5.41) is 7.41. The number of halogens is 1. The Balaban J connectivity index is 1.88. The van der Waals surface area contributed by atoms with E-state index < -0.39 is 10.0 Å². The van der Waals surface area contributed by atoms with Crippen LogP contribution in [0.15, 0.2) is 29.3 Å². The van der Waals surface area contributed by atoms with Gasteiger partial charge in [-0.3, -0.25) is 9.48 Å². The van der Waals surface area contributed by atoms with Crippen molar-refractivity contribution in [2.75, 3.05) is 13.1 Å². The number of carbonyl (C=O) groups is 1. The quantitative estimate of drug-likeness (QED) is 0.772. The lowest BCUT2D eigenvalue weighted by Gasteiger charge is -2.24. The second kappa shape index (κ2) is 8.23. The summed E-state index contributed by atoms with van der Waals surface area (Å²) in [5.41, 5.74) is 2.41. The number of benzene rings is 1. The summed E-state index contributed by atoms with van der Waals surface area (Å²) < 4.78 is 28.8. The van der Waals surface area contributed by atoms with Crippen molar-refractivity contribution < 1.29 is 13.2 Å². The van der Waals surface area contributed by atoms with Crippen LogP contribution in [-0.2, 0) is 23.5 Å². The number of sulfonamides is 1. The molecule has 1 aliphatic rings. The fourth-order valence-electron chi connectivity index (χ4n) is 3.64. The first-order chi connectivity index (χ1) is 13.3. The molecule has 1 amide bonds. The zero-order chi connectivity index (χ0) is 20.5. The highest BCUT2D eigenvalue weighted by molar-refractivity contribution is 7.89. The number of carbonyl (C=O) groups excluding carboxylic acids is 1. The molecule has 7 nitrogen and oxygen atoms in total. The number of nitrogens with one attached hydrogen (secondary N) is 1. The lowest BCUT2D eigenvalue weighted by atomic mass is 9.93. The van der Waals surface area contributed by atoms with Crippen LogP contribution in [0.4, 0.5) is 0 Å². The van der Waals surface area contributed by atoms with Crippen LogP contribution in [0.25, 0.3) is 0 Å². The van der Waals surface area contributed by atoms with Gasteiger partial charge in [-0.05, 0) is 37.5 Å². The molecule has 152 valence electrons. The van der Waals surface area contributed by atoms with Gasteiger partial charge in [-0.25, -0.2) is 8.42 Å². The number of aromatic nitrogens is 2. The zero-order valence-corrected chi connectivity index (χ0v) is 17.8. The minimum Gasteiger partial charge on any atom is -0.345 e. The molecule has 1 N–H and O–H groups in total. The van der Waals surface area contributed by atoms with E-state index in [0.29, 0.717) is 13.1 Å². The van der Waals surface area contributed by atoms with Crippen molar-refractivity contribution >= 4 is 27.5 Å². The molecule has 1 aliphatic carbocycles. The Bertz CT molecular complexity index is 983. The van der Waals surface area contributed by atoms with Crippen molar-refractivity contribution in [1.29, 1.82) is 0 Å². The summed E-state index contributed by atoms with van der Waals surface area (Å²) in [6, 6.07) is 4.23. The average Bonchev–Trinajstić information content (AvgIpc) is 3.05. The summed E-state index contributed by atoms with van der Waals surface area (Å²) in [6.07, 6.45) is 4.51. The second-order valence-corrected chi connectivity index (χ2v) is 9.14. The Morgan fingerprint density at radius 1 is 1.36 bits per heavy atom. The van der Waals surface area contributed by atoms with E-state index in [-0.39, 0.29) is 27.4 Å². The van der Waals surface area contributed by atoms with Gasteiger partial charge >= 0.3 is 0 Å². The molecule has 1 aromatic carbocycles. The van der Waals surface area contributed by atoms with Gasteiger partial charge in [0, 0.05) is 37.0 Å². The summed E-state index contributed by atoms with van der Waals surface area (Å²) >= 11 is 6.16. The van der Waals surface area contributed by atoms with Crippen molar-refractivity contribution in [2.45, 2.75) is 44.0 Å². The van der Waals surface area contributed by atoms with E-state index in [1.54, 1.807) is 26.1 Å². The molecular weight excluding hydrogens is 400 g/mol. The number of rotatable bonds is 6. The van der Waals surface area contributed by atoms with Gasteiger partial charge in [0.25, 0.3) is 5.91 Å². The SMILES string of the molecule is CCN(CC)S(=O)(=O)c1cc(C(=O)NC2CCCc3c2cnn3C)ccc1Cl. The number of nitrogens with zero attached hydrogens (tertiary/aromatic N) is 3. The highest BCUT2D eigenvalue weighted by Gasteiger charge is 2.28. The van der Waals surface area contributed by atoms with E-state index in [2.05, 4.69) is 10.4 Å². The van der Waals surface area contributed by atoms with E-state index in [0.717, 1.165) is 30.5 Å². The largest absolute Gasteiger partial charge is 0.345 e. The van der Waals surface area contributed by atoms with Crippen LogP contribution in [0.2, 0.25) is 5.02 Å². The second-order valence-electron chi connectivity index (χ2n) is 6.82. The third kappa shape index (κ3) is 3.81. The van der Waals surface area contributed by atoms with Gasteiger partial charge in [0.15, 0.2) is 0 Å². The molecule has 1 aromatic heterocycles. The molecule has 2 aromatic rings. The Morgan fingerprint density at radius 2 is 2.07 bits per heavy atom. The molecular formula is C19H25ClN4O3S. The monoisotopic (exact) mass is 424 g/mol. The zero-order valence-electron chi connectivity index (χ0n) is 16.3. The molecule has 3 rings (SSSR count). The van der Waals surface area contributed by atoms with E-state index in [4.69, 9.17) is 11.6 Å². The minimum atomic E-state index is -3.76. The van der Waals surface area contributed by atoms with Crippen LogP contribution in [-0.4, -0.2) is 41.5 Å². The van der Waals surface area contributed by atoms with Crippen molar-refractivity contribution in [3.63, 3.8) is 0 Å². The van der Waals surface area contributed by atoms with Gasteiger partial charge in [-0.1, -0.05) is 25.4 Å². The maximum atomic E-state index is 12.8. The van der Waals surface area contributed by atoms with Crippen molar-refractivity contribution in [3.8, 4) is 0 Å². The van der Waals surface area contributed by atoms with Crippen LogP contribution in [0.3, 0.4) is 0 Å². The van der Waals surface area contributed by atoms with Gasteiger partial charge < -0.3 is 5.32 Å². The number of aryl methyl sites for hydroxylation is 1. The van der Waals surface area contributed by atoms with Crippen molar-refractivity contribution in [3.05, 3.63) is 46.2 Å². The lowest BCUT2D eigenvalue weighted by Crippen LogP contribution is -2.32. The third-order valence-corrected chi connectivity index (χ3v) is 7.73. The molecule has 0 saturated carbocycles. The lowest BCUT2D eigenvalue weighted by molar-refractivity contribution is 0.0932. The first-order valence-electron chi connectivity index (χ1n) is 9.40. The van der Waals surface area contributed by atoms with Crippen LogP contribution in [0.5, 0.6) is 0 Å². The molecule has 0 saturated heterocycles. The molecule has 1 unspecified atom stereocenters. The maximum Gasteiger partial charge on any atom is 0.251 e. The van der Waals surface area contributed by atoms with Crippen LogP contribution in [0, 0.1) is 0 Å².